The maximum atomic E-state index is 13.7. The fourth-order valence-corrected chi connectivity index (χ4v) is 3.92. The Hall–Kier alpha value is -4.06. The van der Waals surface area contributed by atoms with Gasteiger partial charge in [0.2, 0.25) is 0 Å². The fourth-order valence-electron chi connectivity index (χ4n) is 3.92. The van der Waals surface area contributed by atoms with Gasteiger partial charge in [-0.15, -0.1) is 0 Å². The second-order valence-corrected chi connectivity index (χ2v) is 7.74. The Labute approximate surface area is 193 Å². The molecule has 0 saturated carbocycles. The number of nitrogens with zero attached hydrogens (tertiary/aromatic N) is 1. The minimum Gasteiger partial charge on any atom is -0.496 e. The van der Waals surface area contributed by atoms with Crippen LogP contribution in [0.15, 0.2) is 72.4 Å². The van der Waals surface area contributed by atoms with E-state index in [4.69, 9.17) is 9.47 Å². The van der Waals surface area contributed by atoms with Gasteiger partial charge < -0.3 is 14.8 Å². The van der Waals surface area contributed by atoms with Crippen LogP contribution in [0.3, 0.4) is 0 Å². The molecule has 3 aromatic rings. The number of para-hydroxylation sites is 1. The molecule has 4 rings (SSSR count). The number of imide groups is 1. The molecule has 168 valence electrons. The van der Waals surface area contributed by atoms with Crippen molar-refractivity contribution < 1.29 is 19.1 Å². The van der Waals surface area contributed by atoms with Crippen molar-refractivity contribution in [3.05, 3.63) is 89.1 Å². The quantitative estimate of drug-likeness (QED) is 0.523. The topological polar surface area (TPSA) is 67.9 Å². The number of rotatable bonds is 7. The Balaban J connectivity index is 1.87. The first kappa shape index (κ1) is 22.1. The highest BCUT2D eigenvalue weighted by Gasteiger charge is 2.41. The lowest BCUT2D eigenvalue weighted by Crippen LogP contribution is -2.32. The van der Waals surface area contributed by atoms with Crippen molar-refractivity contribution in [2.75, 3.05) is 24.4 Å². The van der Waals surface area contributed by atoms with Crippen LogP contribution in [0.4, 0.5) is 11.4 Å². The highest BCUT2D eigenvalue weighted by atomic mass is 16.5. The van der Waals surface area contributed by atoms with Gasteiger partial charge in [0.15, 0.2) is 0 Å². The second kappa shape index (κ2) is 9.20. The second-order valence-electron chi connectivity index (χ2n) is 7.74. The number of benzene rings is 3. The van der Waals surface area contributed by atoms with E-state index in [9.17, 15) is 9.59 Å². The van der Waals surface area contributed by atoms with Crippen molar-refractivity contribution in [1.29, 1.82) is 0 Å². The largest absolute Gasteiger partial charge is 0.496 e. The molecule has 1 aliphatic rings. The number of amides is 2. The smallest absolute Gasteiger partial charge is 0.282 e. The van der Waals surface area contributed by atoms with Crippen LogP contribution in [0.25, 0.3) is 5.57 Å². The zero-order valence-corrected chi connectivity index (χ0v) is 19.1. The van der Waals surface area contributed by atoms with E-state index >= 15 is 0 Å². The molecule has 0 unspecified atom stereocenters. The molecule has 6 nitrogen and oxygen atoms in total. The third-order valence-electron chi connectivity index (χ3n) is 5.68. The first-order chi connectivity index (χ1) is 16.0. The molecule has 0 fully saturated rings. The van der Waals surface area contributed by atoms with Crippen molar-refractivity contribution in [1.82, 2.24) is 0 Å². The molecule has 1 N–H and O–H groups in total. The Morgan fingerprint density at radius 2 is 1.55 bits per heavy atom. The predicted octanol–water partition coefficient (Wildman–Crippen LogP) is 4.97. The van der Waals surface area contributed by atoms with Gasteiger partial charge in [0.1, 0.15) is 17.2 Å². The van der Waals surface area contributed by atoms with Gasteiger partial charge in [0.05, 0.1) is 31.2 Å². The Bertz CT molecular complexity index is 1250. The summed E-state index contributed by atoms with van der Waals surface area (Å²) in [6.07, 6.45) is 0.868. The van der Waals surface area contributed by atoms with E-state index in [1.165, 1.54) is 4.90 Å². The number of anilines is 2. The van der Waals surface area contributed by atoms with Gasteiger partial charge >= 0.3 is 0 Å². The van der Waals surface area contributed by atoms with Crippen molar-refractivity contribution in [2.24, 2.45) is 0 Å². The van der Waals surface area contributed by atoms with Gasteiger partial charge in [0.25, 0.3) is 11.8 Å². The maximum Gasteiger partial charge on any atom is 0.282 e. The lowest BCUT2D eigenvalue weighted by molar-refractivity contribution is -0.120. The van der Waals surface area contributed by atoms with Gasteiger partial charge in [-0.3, -0.25) is 9.59 Å². The molecular formula is C27H26N2O4. The highest BCUT2D eigenvalue weighted by molar-refractivity contribution is 6.46. The third kappa shape index (κ3) is 4.07. The number of methoxy groups -OCH3 is 2. The molecule has 6 heteroatoms. The molecule has 2 amide bonds. The van der Waals surface area contributed by atoms with Gasteiger partial charge in [-0.25, -0.2) is 4.90 Å². The first-order valence-corrected chi connectivity index (χ1v) is 10.8. The maximum absolute atomic E-state index is 13.7. The summed E-state index contributed by atoms with van der Waals surface area (Å²) in [5.41, 5.74) is 4.20. The summed E-state index contributed by atoms with van der Waals surface area (Å²) >= 11 is 0. The summed E-state index contributed by atoms with van der Waals surface area (Å²) in [6, 6.07) is 20.2. The van der Waals surface area contributed by atoms with Gasteiger partial charge in [-0.2, -0.15) is 0 Å². The highest BCUT2D eigenvalue weighted by Crippen LogP contribution is 2.38. The monoisotopic (exact) mass is 442 g/mol. The first-order valence-electron chi connectivity index (χ1n) is 10.8. The Morgan fingerprint density at radius 1 is 0.848 bits per heavy atom. The molecule has 0 atom stereocenters. The van der Waals surface area contributed by atoms with E-state index in [-0.39, 0.29) is 11.3 Å². The fraction of sp³-hybridized carbons (Fsp3) is 0.185. The van der Waals surface area contributed by atoms with Crippen LogP contribution < -0.4 is 19.7 Å². The lowest BCUT2D eigenvalue weighted by Gasteiger charge is -2.16. The zero-order chi connectivity index (χ0) is 23.5. The van der Waals surface area contributed by atoms with Crippen molar-refractivity contribution in [3.63, 3.8) is 0 Å². The predicted molar refractivity (Wildman–Crippen MR) is 130 cm³/mol. The molecule has 0 saturated heterocycles. The molecule has 0 aliphatic carbocycles. The van der Waals surface area contributed by atoms with Crippen molar-refractivity contribution >= 4 is 28.8 Å². The van der Waals surface area contributed by atoms with E-state index in [0.717, 1.165) is 17.5 Å². The van der Waals surface area contributed by atoms with Crippen molar-refractivity contribution in [3.8, 4) is 11.5 Å². The molecule has 1 heterocycles. The van der Waals surface area contributed by atoms with Gasteiger partial charge in [-0.05, 0) is 54.8 Å². The summed E-state index contributed by atoms with van der Waals surface area (Å²) in [7, 11) is 3.10. The summed E-state index contributed by atoms with van der Waals surface area (Å²) in [4.78, 5) is 28.5. The minimum absolute atomic E-state index is 0.174. The zero-order valence-electron chi connectivity index (χ0n) is 19.1. The van der Waals surface area contributed by atoms with Crippen molar-refractivity contribution in [2.45, 2.75) is 20.3 Å². The number of hydrogen-bond acceptors (Lipinski definition) is 5. The standard InChI is InChI=1S/C27H26N2O4/c1-5-18-11-13-19(14-12-18)29-26(30)24(20-8-6-7-9-22(20)32-3)25(27(29)31)28-21-16-17(2)10-15-23(21)33-4/h6-16,28H,5H2,1-4H3. The van der Waals surface area contributed by atoms with E-state index in [2.05, 4.69) is 12.2 Å². The number of carbonyl (C=O) groups is 2. The number of carbonyl (C=O) groups excluding carboxylic acids is 2. The molecule has 0 bridgehead atoms. The molecule has 0 radical (unpaired) electrons. The molecule has 1 aliphatic heterocycles. The summed E-state index contributed by atoms with van der Waals surface area (Å²) in [5, 5.41) is 3.19. The average Bonchev–Trinajstić information content (AvgIpc) is 3.08. The molecule has 33 heavy (non-hydrogen) atoms. The molecule has 0 spiro atoms. The van der Waals surface area contributed by atoms with E-state index in [0.29, 0.717) is 28.4 Å². The third-order valence-corrected chi connectivity index (χ3v) is 5.68. The average molecular weight is 443 g/mol. The van der Waals surface area contributed by atoms with E-state index in [1.54, 1.807) is 38.5 Å². The number of ether oxygens (including phenoxy) is 2. The summed E-state index contributed by atoms with van der Waals surface area (Å²) < 4.78 is 11.0. The van der Waals surface area contributed by atoms with Gasteiger partial charge in [-0.1, -0.05) is 43.3 Å². The molecule has 3 aromatic carbocycles. The Kier molecular flexibility index (Phi) is 6.18. The van der Waals surface area contributed by atoms with Crippen LogP contribution in [-0.2, 0) is 16.0 Å². The summed E-state index contributed by atoms with van der Waals surface area (Å²) in [5.74, 6) is 0.224. The van der Waals surface area contributed by atoms with Crippen LogP contribution in [0.1, 0.15) is 23.6 Å². The van der Waals surface area contributed by atoms with Crippen LogP contribution in [-0.4, -0.2) is 26.0 Å². The van der Waals surface area contributed by atoms with E-state index < -0.39 is 11.8 Å². The number of aryl methyl sites for hydroxylation is 2. The SMILES string of the molecule is CCc1ccc(N2C(=O)C(Nc3cc(C)ccc3OC)=C(c3ccccc3OC)C2=O)cc1. The Morgan fingerprint density at radius 3 is 2.21 bits per heavy atom. The number of nitrogens with one attached hydrogen (secondary N) is 1. The lowest BCUT2D eigenvalue weighted by atomic mass is 10.0. The number of hydrogen-bond donors (Lipinski definition) is 1. The van der Waals surface area contributed by atoms with Crippen LogP contribution in [0, 0.1) is 6.92 Å². The van der Waals surface area contributed by atoms with Gasteiger partial charge in [0, 0.05) is 5.56 Å². The molecular weight excluding hydrogens is 416 g/mol. The molecule has 0 aromatic heterocycles. The van der Waals surface area contributed by atoms with E-state index in [1.807, 2.05) is 49.4 Å². The van der Waals surface area contributed by atoms with Crippen LogP contribution in [0.5, 0.6) is 11.5 Å². The normalized spacial score (nSPS) is 13.5. The van der Waals surface area contributed by atoms with Crippen LogP contribution in [0.2, 0.25) is 0 Å². The summed E-state index contributed by atoms with van der Waals surface area (Å²) in [6.45, 7) is 4.00. The minimum atomic E-state index is -0.436. The van der Waals surface area contributed by atoms with Crippen LogP contribution >= 0.6 is 0 Å².